The number of hydrogen-bond donors (Lipinski definition) is 0. The third kappa shape index (κ3) is 2.38. The van der Waals surface area contributed by atoms with Gasteiger partial charge in [0.15, 0.2) is 0 Å². The van der Waals surface area contributed by atoms with Crippen LogP contribution in [0.2, 0.25) is 0 Å². The van der Waals surface area contributed by atoms with Gasteiger partial charge in [-0.3, -0.25) is 14.0 Å². The molecule has 0 spiro atoms. The summed E-state index contributed by atoms with van der Waals surface area (Å²) in [6, 6.07) is 7.73. The van der Waals surface area contributed by atoms with Gasteiger partial charge in [0, 0.05) is 36.6 Å². The molecular weight excluding hydrogens is 269 g/mol. The highest BCUT2D eigenvalue weighted by atomic mass is 19.1. The number of rotatable bonds is 2. The molecule has 2 aromatic heterocycles. The van der Waals surface area contributed by atoms with Gasteiger partial charge in [-0.2, -0.15) is 5.10 Å². The van der Waals surface area contributed by atoms with Crippen molar-refractivity contribution in [2.24, 2.45) is 7.05 Å². The summed E-state index contributed by atoms with van der Waals surface area (Å²) < 4.78 is 16.9. The Bertz CT molecular complexity index is 864. The fourth-order valence-electron chi connectivity index (χ4n) is 2.32. The molecule has 0 saturated heterocycles. The molecule has 0 N–H and O–H groups in total. The van der Waals surface area contributed by atoms with Crippen molar-refractivity contribution in [1.29, 1.82) is 0 Å². The van der Waals surface area contributed by atoms with E-state index in [1.165, 1.54) is 16.7 Å². The quantitative estimate of drug-likeness (QED) is 0.725. The zero-order valence-electron chi connectivity index (χ0n) is 11.7. The predicted octanol–water partition coefficient (Wildman–Crippen LogP) is 2.69. The van der Waals surface area contributed by atoms with Gasteiger partial charge in [0.05, 0.1) is 11.9 Å². The number of halogens is 1. The molecule has 106 valence electrons. The number of aryl methyl sites for hydroxylation is 2. The van der Waals surface area contributed by atoms with E-state index in [2.05, 4.69) is 5.10 Å². The normalized spacial score (nSPS) is 10.8. The Hall–Kier alpha value is -2.69. The maximum Gasteiger partial charge on any atom is 0.255 e. The van der Waals surface area contributed by atoms with E-state index in [1.807, 2.05) is 20.2 Å². The summed E-state index contributed by atoms with van der Waals surface area (Å²) in [5.41, 5.74) is 2.56. The Balaban J connectivity index is 2.24. The first-order chi connectivity index (χ1) is 10.1. The Morgan fingerprint density at radius 1 is 1.19 bits per heavy atom. The van der Waals surface area contributed by atoms with Crippen molar-refractivity contribution in [3.63, 3.8) is 0 Å². The van der Waals surface area contributed by atoms with Crippen LogP contribution in [0.1, 0.15) is 5.56 Å². The molecule has 3 rings (SSSR count). The van der Waals surface area contributed by atoms with Crippen LogP contribution in [0.3, 0.4) is 0 Å². The summed E-state index contributed by atoms with van der Waals surface area (Å²) in [6.45, 7) is 1.86. The molecule has 0 saturated carbocycles. The third-order valence-electron chi connectivity index (χ3n) is 3.39. The third-order valence-corrected chi connectivity index (χ3v) is 3.39. The summed E-state index contributed by atoms with van der Waals surface area (Å²) in [6.07, 6.45) is 5.24. The fourth-order valence-corrected chi connectivity index (χ4v) is 2.32. The van der Waals surface area contributed by atoms with E-state index in [0.717, 1.165) is 16.7 Å². The lowest BCUT2D eigenvalue weighted by molar-refractivity contribution is 0.616. The van der Waals surface area contributed by atoms with Gasteiger partial charge in [0.1, 0.15) is 5.82 Å². The Kier molecular flexibility index (Phi) is 3.17. The van der Waals surface area contributed by atoms with Gasteiger partial charge in [0.25, 0.3) is 5.56 Å². The molecule has 0 unspecified atom stereocenters. The molecule has 0 atom stereocenters. The first kappa shape index (κ1) is 13.3. The molecule has 0 aliphatic rings. The molecule has 0 bridgehead atoms. The average Bonchev–Trinajstić information content (AvgIpc) is 2.86. The Labute approximate surface area is 121 Å². The minimum Gasteiger partial charge on any atom is -0.281 e. The summed E-state index contributed by atoms with van der Waals surface area (Å²) in [5, 5.41) is 4.13. The van der Waals surface area contributed by atoms with Crippen molar-refractivity contribution in [3.05, 3.63) is 70.7 Å². The van der Waals surface area contributed by atoms with Crippen LogP contribution in [0.25, 0.3) is 16.8 Å². The molecule has 4 nitrogen and oxygen atoms in total. The fraction of sp³-hybridized carbons (Fsp3) is 0.125. The predicted molar refractivity (Wildman–Crippen MR) is 78.9 cm³/mol. The second-order valence-electron chi connectivity index (χ2n) is 4.93. The zero-order chi connectivity index (χ0) is 15.0. The molecule has 3 aromatic rings. The summed E-state index contributed by atoms with van der Waals surface area (Å²) in [7, 11) is 1.83. The molecule has 0 fully saturated rings. The van der Waals surface area contributed by atoms with Gasteiger partial charge in [0.2, 0.25) is 0 Å². The van der Waals surface area contributed by atoms with Crippen LogP contribution in [0, 0.1) is 12.7 Å². The van der Waals surface area contributed by atoms with E-state index in [1.54, 1.807) is 35.3 Å². The smallest absolute Gasteiger partial charge is 0.255 e. The average molecular weight is 283 g/mol. The molecule has 0 amide bonds. The molecule has 0 aliphatic carbocycles. The molecule has 0 aliphatic heterocycles. The number of benzene rings is 1. The van der Waals surface area contributed by atoms with Gasteiger partial charge in [-0.05, 0) is 24.6 Å². The van der Waals surface area contributed by atoms with E-state index in [4.69, 9.17) is 0 Å². The zero-order valence-corrected chi connectivity index (χ0v) is 11.7. The van der Waals surface area contributed by atoms with Crippen LogP contribution < -0.4 is 5.56 Å². The maximum absolute atomic E-state index is 13.9. The van der Waals surface area contributed by atoms with Crippen molar-refractivity contribution < 1.29 is 4.39 Å². The van der Waals surface area contributed by atoms with Gasteiger partial charge < -0.3 is 0 Å². The lowest BCUT2D eigenvalue weighted by Crippen LogP contribution is -2.18. The molecule has 21 heavy (non-hydrogen) atoms. The largest absolute Gasteiger partial charge is 0.281 e. The lowest BCUT2D eigenvalue weighted by Gasteiger charge is -2.10. The summed E-state index contributed by atoms with van der Waals surface area (Å²) in [5.74, 6) is -0.430. The van der Waals surface area contributed by atoms with Crippen molar-refractivity contribution in [2.45, 2.75) is 6.92 Å². The van der Waals surface area contributed by atoms with Crippen molar-refractivity contribution >= 4 is 0 Å². The highest BCUT2D eigenvalue weighted by molar-refractivity contribution is 5.65. The van der Waals surface area contributed by atoms with Gasteiger partial charge in [-0.1, -0.05) is 12.1 Å². The number of aromatic nitrogens is 3. The first-order valence-electron chi connectivity index (χ1n) is 6.53. The van der Waals surface area contributed by atoms with Gasteiger partial charge >= 0.3 is 0 Å². The van der Waals surface area contributed by atoms with Crippen molar-refractivity contribution in [1.82, 2.24) is 14.3 Å². The van der Waals surface area contributed by atoms with Crippen LogP contribution in [-0.2, 0) is 7.05 Å². The van der Waals surface area contributed by atoms with E-state index in [0.29, 0.717) is 0 Å². The molecule has 1 aromatic carbocycles. The van der Waals surface area contributed by atoms with E-state index in [9.17, 15) is 9.18 Å². The SMILES string of the molecule is Cc1cc(=O)n(-c2ccccc2F)cc1-c1cnn(C)c1. The number of para-hydroxylation sites is 1. The number of pyridine rings is 1. The molecule has 0 radical (unpaired) electrons. The Morgan fingerprint density at radius 2 is 1.95 bits per heavy atom. The van der Waals surface area contributed by atoms with E-state index >= 15 is 0 Å². The minimum atomic E-state index is -0.430. The monoisotopic (exact) mass is 283 g/mol. The van der Waals surface area contributed by atoms with Crippen LogP contribution in [0.15, 0.2) is 53.7 Å². The molecule has 5 heteroatoms. The van der Waals surface area contributed by atoms with Crippen LogP contribution in [0.4, 0.5) is 4.39 Å². The topological polar surface area (TPSA) is 39.8 Å². The highest BCUT2D eigenvalue weighted by Gasteiger charge is 2.11. The van der Waals surface area contributed by atoms with Crippen molar-refractivity contribution in [3.8, 4) is 16.8 Å². The lowest BCUT2D eigenvalue weighted by atomic mass is 10.1. The first-order valence-corrected chi connectivity index (χ1v) is 6.53. The summed E-state index contributed by atoms with van der Waals surface area (Å²) in [4.78, 5) is 12.2. The van der Waals surface area contributed by atoms with E-state index < -0.39 is 5.82 Å². The second-order valence-corrected chi connectivity index (χ2v) is 4.93. The van der Waals surface area contributed by atoms with Gasteiger partial charge in [-0.25, -0.2) is 4.39 Å². The highest BCUT2D eigenvalue weighted by Crippen LogP contribution is 2.22. The van der Waals surface area contributed by atoms with Gasteiger partial charge in [-0.15, -0.1) is 0 Å². The molecule has 2 heterocycles. The minimum absolute atomic E-state index is 0.243. The number of nitrogens with zero attached hydrogens (tertiary/aromatic N) is 3. The Morgan fingerprint density at radius 3 is 2.62 bits per heavy atom. The molecular formula is C16H14FN3O. The van der Waals surface area contributed by atoms with E-state index in [-0.39, 0.29) is 11.2 Å². The van der Waals surface area contributed by atoms with Crippen LogP contribution in [0.5, 0.6) is 0 Å². The van der Waals surface area contributed by atoms with Crippen LogP contribution in [-0.4, -0.2) is 14.3 Å². The maximum atomic E-state index is 13.9. The second kappa shape index (κ2) is 5.01. The number of hydrogen-bond acceptors (Lipinski definition) is 2. The van der Waals surface area contributed by atoms with Crippen LogP contribution >= 0.6 is 0 Å². The standard InChI is InChI=1S/C16H14FN3O/c1-11-7-16(21)20(15-6-4-3-5-14(15)17)10-13(11)12-8-18-19(2)9-12/h3-10H,1-2H3. The summed E-state index contributed by atoms with van der Waals surface area (Å²) >= 11 is 0. The van der Waals surface area contributed by atoms with Crippen molar-refractivity contribution in [2.75, 3.05) is 0 Å².